The van der Waals surface area contributed by atoms with E-state index < -0.39 is 21.8 Å². The highest BCUT2D eigenvalue weighted by Gasteiger charge is 2.32. The molecule has 1 N–H and O–H groups in total. The van der Waals surface area contributed by atoms with E-state index in [-0.39, 0.29) is 15.9 Å². The van der Waals surface area contributed by atoms with E-state index in [1.165, 1.54) is 0 Å². The Morgan fingerprint density at radius 3 is 2.38 bits per heavy atom. The van der Waals surface area contributed by atoms with E-state index in [2.05, 4.69) is 20.7 Å². The quantitative estimate of drug-likeness (QED) is 0.707. The van der Waals surface area contributed by atoms with E-state index in [9.17, 15) is 21.6 Å². The van der Waals surface area contributed by atoms with Gasteiger partial charge in [-0.3, -0.25) is 0 Å². The third kappa shape index (κ3) is 5.96. The highest BCUT2D eigenvalue weighted by Crippen LogP contribution is 2.33. The maximum Gasteiger partial charge on any atom is 0.416 e. The first-order valence-corrected chi connectivity index (χ1v) is 8.82. The number of halogens is 4. The van der Waals surface area contributed by atoms with Crippen molar-refractivity contribution in [1.29, 1.82) is 0 Å². The van der Waals surface area contributed by atoms with Gasteiger partial charge in [0.15, 0.2) is 0 Å². The SMILES string of the molecule is CCCCCCNS(=O)(=O)c1cc(Br)cc(C(F)(F)F)c1. The minimum atomic E-state index is -4.59. The van der Waals surface area contributed by atoms with Crippen LogP contribution >= 0.6 is 15.9 Å². The van der Waals surface area contributed by atoms with E-state index >= 15 is 0 Å². The fraction of sp³-hybridized carbons (Fsp3) is 0.538. The number of benzene rings is 1. The molecule has 0 aliphatic heterocycles. The first kappa shape index (κ1) is 18.4. The second kappa shape index (κ2) is 7.60. The number of rotatable bonds is 7. The van der Waals surface area contributed by atoms with Gasteiger partial charge in [-0.1, -0.05) is 42.1 Å². The first-order valence-electron chi connectivity index (χ1n) is 6.54. The van der Waals surface area contributed by atoms with Crippen LogP contribution in [-0.4, -0.2) is 15.0 Å². The lowest BCUT2D eigenvalue weighted by atomic mass is 10.2. The molecule has 0 atom stereocenters. The normalized spacial score (nSPS) is 12.6. The van der Waals surface area contributed by atoms with E-state index in [0.717, 1.165) is 31.4 Å². The Hall–Kier alpha value is -0.600. The monoisotopic (exact) mass is 387 g/mol. The van der Waals surface area contributed by atoms with Gasteiger partial charge >= 0.3 is 6.18 Å². The molecule has 21 heavy (non-hydrogen) atoms. The van der Waals surface area contributed by atoms with Crippen molar-refractivity contribution in [2.45, 2.75) is 43.7 Å². The summed E-state index contributed by atoms with van der Waals surface area (Å²) in [6.07, 6.45) is -1.03. The molecule has 0 heterocycles. The predicted octanol–water partition coefficient (Wildman–Crippen LogP) is 4.33. The summed E-state index contributed by atoms with van der Waals surface area (Å²) in [7, 11) is -3.93. The topological polar surface area (TPSA) is 46.2 Å². The first-order chi connectivity index (χ1) is 9.66. The van der Waals surface area contributed by atoms with Gasteiger partial charge in [-0.2, -0.15) is 13.2 Å². The van der Waals surface area contributed by atoms with Gasteiger partial charge in [0.1, 0.15) is 0 Å². The summed E-state index contributed by atoms with van der Waals surface area (Å²) in [5.74, 6) is 0. The van der Waals surface area contributed by atoms with Gasteiger partial charge < -0.3 is 0 Å². The number of nitrogens with one attached hydrogen (secondary N) is 1. The molecule has 0 amide bonds. The summed E-state index contributed by atoms with van der Waals surface area (Å²) < 4.78 is 64.5. The Labute approximate surface area is 131 Å². The van der Waals surface area contributed by atoms with Crippen LogP contribution in [0.5, 0.6) is 0 Å². The van der Waals surface area contributed by atoms with Gasteiger partial charge in [0, 0.05) is 11.0 Å². The second-order valence-electron chi connectivity index (χ2n) is 4.63. The lowest BCUT2D eigenvalue weighted by molar-refractivity contribution is -0.137. The van der Waals surface area contributed by atoms with Crippen LogP contribution in [0.4, 0.5) is 13.2 Å². The van der Waals surface area contributed by atoms with E-state index in [1.54, 1.807) is 0 Å². The standard InChI is InChI=1S/C13H17BrF3NO2S/c1-2-3-4-5-6-18-21(19,20)12-8-10(13(15,16)17)7-11(14)9-12/h7-9,18H,2-6H2,1H3. The zero-order chi connectivity index (χ0) is 16.1. The zero-order valence-electron chi connectivity index (χ0n) is 11.5. The lowest BCUT2D eigenvalue weighted by Gasteiger charge is -2.11. The van der Waals surface area contributed by atoms with Gasteiger partial charge in [-0.15, -0.1) is 0 Å². The van der Waals surface area contributed by atoms with Crippen molar-refractivity contribution >= 4 is 26.0 Å². The molecule has 1 aromatic carbocycles. The highest BCUT2D eigenvalue weighted by atomic mass is 79.9. The van der Waals surface area contributed by atoms with Crippen LogP contribution in [-0.2, 0) is 16.2 Å². The molecule has 8 heteroatoms. The third-order valence-corrected chi connectivity index (χ3v) is 4.73. The third-order valence-electron chi connectivity index (χ3n) is 2.83. The summed E-state index contributed by atoms with van der Waals surface area (Å²) in [5.41, 5.74) is -0.997. The summed E-state index contributed by atoms with van der Waals surface area (Å²) in [6, 6.07) is 2.64. The Kier molecular flexibility index (Phi) is 6.68. The maximum atomic E-state index is 12.7. The Bertz CT molecular complexity index is 573. The van der Waals surface area contributed by atoms with Crippen molar-refractivity contribution in [2.24, 2.45) is 0 Å². The number of sulfonamides is 1. The van der Waals surface area contributed by atoms with Crippen molar-refractivity contribution in [1.82, 2.24) is 4.72 Å². The zero-order valence-corrected chi connectivity index (χ0v) is 13.9. The molecule has 0 aliphatic rings. The Morgan fingerprint density at radius 2 is 1.81 bits per heavy atom. The van der Waals surface area contributed by atoms with Gasteiger partial charge in [0.05, 0.1) is 10.5 Å². The highest BCUT2D eigenvalue weighted by molar-refractivity contribution is 9.10. The molecule has 0 aromatic heterocycles. The smallest absolute Gasteiger partial charge is 0.211 e. The maximum absolute atomic E-state index is 12.7. The molecule has 0 saturated heterocycles. The van der Waals surface area contributed by atoms with Crippen LogP contribution in [0, 0.1) is 0 Å². The van der Waals surface area contributed by atoms with Crippen LogP contribution < -0.4 is 4.72 Å². The fourth-order valence-corrected chi connectivity index (χ4v) is 3.51. The van der Waals surface area contributed by atoms with Crippen molar-refractivity contribution < 1.29 is 21.6 Å². The van der Waals surface area contributed by atoms with Crippen molar-refractivity contribution in [3.8, 4) is 0 Å². The summed E-state index contributed by atoms with van der Waals surface area (Å²) in [4.78, 5) is -0.389. The molecule has 1 aromatic rings. The molecule has 0 unspecified atom stereocenters. The lowest BCUT2D eigenvalue weighted by Crippen LogP contribution is -2.25. The fourth-order valence-electron chi connectivity index (χ4n) is 1.72. The number of hydrogen-bond acceptors (Lipinski definition) is 2. The molecule has 0 saturated carbocycles. The van der Waals surface area contributed by atoms with Gasteiger partial charge in [0.2, 0.25) is 10.0 Å². The Balaban J connectivity index is 2.86. The molecular formula is C13H17BrF3NO2S. The van der Waals surface area contributed by atoms with Crippen LogP contribution in [0.3, 0.4) is 0 Å². The van der Waals surface area contributed by atoms with Crippen molar-refractivity contribution in [3.05, 3.63) is 28.2 Å². The Morgan fingerprint density at radius 1 is 1.14 bits per heavy atom. The van der Waals surface area contributed by atoms with E-state index in [0.29, 0.717) is 12.5 Å². The van der Waals surface area contributed by atoms with Crippen LogP contribution in [0.2, 0.25) is 0 Å². The average Bonchev–Trinajstić information content (AvgIpc) is 2.36. The molecule has 0 bridgehead atoms. The molecule has 0 spiro atoms. The molecule has 3 nitrogen and oxygen atoms in total. The summed E-state index contributed by atoms with van der Waals surface area (Å²) >= 11 is 2.91. The van der Waals surface area contributed by atoms with Crippen molar-refractivity contribution in [3.63, 3.8) is 0 Å². The van der Waals surface area contributed by atoms with Gasteiger partial charge in [-0.05, 0) is 24.6 Å². The molecule has 120 valence electrons. The molecule has 0 fully saturated rings. The van der Waals surface area contributed by atoms with Crippen LogP contribution in [0.1, 0.15) is 38.2 Å². The average molecular weight is 388 g/mol. The largest absolute Gasteiger partial charge is 0.416 e. The molecule has 0 aliphatic carbocycles. The van der Waals surface area contributed by atoms with Crippen LogP contribution in [0.15, 0.2) is 27.6 Å². The number of alkyl halides is 3. The van der Waals surface area contributed by atoms with Crippen molar-refractivity contribution in [2.75, 3.05) is 6.54 Å². The van der Waals surface area contributed by atoms with E-state index in [4.69, 9.17) is 0 Å². The van der Waals surface area contributed by atoms with E-state index in [1.807, 2.05) is 6.92 Å². The minimum absolute atomic E-state index is 0.0729. The van der Waals surface area contributed by atoms with Crippen LogP contribution in [0.25, 0.3) is 0 Å². The molecule has 1 rings (SSSR count). The summed E-state index contributed by atoms with van der Waals surface area (Å²) in [6.45, 7) is 2.25. The number of hydrogen-bond donors (Lipinski definition) is 1. The molecule has 0 radical (unpaired) electrons. The van der Waals surface area contributed by atoms with Gasteiger partial charge in [0.25, 0.3) is 0 Å². The second-order valence-corrected chi connectivity index (χ2v) is 7.31. The van der Waals surface area contributed by atoms with Gasteiger partial charge in [-0.25, -0.2) is 13.1 Å². The predicted molar refractivity (Wildman–Crippen MR) is 78.5 cm³/mol. The number of unbranched alkanes of at least 4 members (excludes halogenated alkanes) is 3. The minimum Gasteiger partial charge on any atom is -0.211 e. The summed E-state index contributed by atoms with van der Waals surface area (Å²) in [5, 5.41) is 0. The molecular weight excluding hydrogens is 371 g/mol.